The molecule has 0 atom stereocenters. The van der Waals surface area contributed by atoms with E-state index in [4.69, 9.17) is 33.0 Å². The topological polar surface area (TPSA) is 59.4 Å². The summed E-state index contributed by atoms with van der Waals surface area (Å²) in [6, 6.07) is 4.82. The Kier molecular flexibility index (Phi) is 4.16. The van der Waals surface area contributed by atoms with Crippen molar-refractivity contribution in [2.45, 2.75) is 13.8 Å². The Bertz CT molecular complexity index is 663. The third-order valence-electron chi connectivity index (χ3n) is 2.68. The van der Waals surface area contributed by atoms with Crippen LogP contribution in [0.1, 0.15) is 21.5 Å². The van der Waals surface area contributed by atoms with Crippen molar-refractivity contribution < 1.29 is 14.6 Å². The maximum atomic E-state index is 10.8. The number of nitrogens with zero attached hydrogens (tertiary/aromatic N) is 1. The average Bonchev–Trinajstić information content (AvgIpc) is 2.38. The van der Waals surface area contributed by atoms with Crippen LogP contribution in [0.15, 0.2) is 24.4 Å². The van der Waals surface area contributed by atoms with Crippen LogP contribution in [0.25, 0.3) is 0 Å². The van der Waals surface area contributed by atoms with E-state index in [0.29, 0.717) is 10.8 Å². The molecule has 1 N–H and O–H groups in total. The number of aromatic carboxylic acids is 1. The van der Waals surface area contributed by atoms with Crippen molar-refractivity contribution in [3.8, 4) is 11.6 Å². The van der Waals surface area contributed by atoms with Crippen molar-refractivity contribution in [2.75, 3.05) is 0 Å². The van der Waals surface area contributed by atoms with Crippen LogP contribution in [0.4, 0.5) is 0 Å². The zero-order valence-corrected chi connectivity index (χ0v) is 12.3. The first-order valence-electron chi connectivity index (χ1n) is 5.72. The molecule has 4 nitrogen and oxygen atoms in total. The van der Waals surface area contributed by atoms with Crippen LogP contribution in [0.5, 0.6) is 11.6 Å². The van der Waals surface area contributed by atoms with Crippen molar-refractivity contribution in [3.63, 3.8) is 0 Å². The molecule has 1 heterocycles. The molecule has 104 valence electrons. The number of hydrogen-bond donors (Lipinski definition) is 1. The fourth-order valence-electron chi connectivity index (χ4n) is 1.69. The Hall–Kier alpha value is -1.78. The van der Waals surface area contributed by atoms with Crippen LogP contribution in [0.3, 0.4) is 0 Å². The lowest BCUT2D eigenvalue weighted by Gasteiger charge is -2.10. The van der Waals surface area contributed by atoms with E-state index in [1.165, 1.54) is 12.3 Å². The van der Waals surface area contributed by atoms with Crippen molar-refractivity contribution in [2.24, 2.45) is 0 Å². The molecule has 0 saturated heterocycles. The number of aryl methyl sites for hydroxylation is 2. The van der Waals surface area contributed by atoms with E-state index in [1.807, 2.05) is 13.8 Å². The van der Waals surface area contributed by atoms with E-state index >= 15 is 0 Å². The second kappa shape index (κ2) is 5.69. The third kappa shape index (κ3) is 3.03. The summed E-state index contributed by atoms with van der Waals surface area (Å²) in [4.78, 5) is 14.7. The quantitative estimate of drug-likeness (QED) is 0.906. The van der Waals surface area contributed by atoms with E-state index in [1.54, 1.807) is 12.1 Å². The molecule has 0 spiro atoms. The lowest BCUT2D eigenvalue weighted by atomic mass is 10.1. The van der Waals surface area contributed by atoms with E-state index in [2.05, 4.69) is 4.98 Å². The summed E-state index contributed by atoms with van der Waals surface area (Å²) in [5.74, 6) is -0.399. The van der Waals surface area contributed by atoms with Gasteiger partial charge in [-0.25, -0.2) is 9.78 Å². The van der Waals surface area contributed by atoms with Crippen LogP contribution >= 0.6 is 23.2 Å². The van der Waals surface area contributed by atoms with Gasteiger partial charge in [0.2, 0.25) is 5.88 Å². The molecule has 1 aromatic heterocycles. The molecule has 0 amide bonds. The van der Waals surface area contributed by atoms with Crippen LogP contribution in [-0.2, 0) is 0 Å². The Balaban J connectivity index is 2.33. The first-order valence-corrected chi connectivity index (χ1v) is 6.47. The molecule has 0 aliphatic carbocycles. The Morgan fingerprint density at radius 1 is 1.20 bits per heavy atom. The second-order valence-corrected chi connectivity index (χ2v) is 5.07. The molecule has 0 bridgehead atoms. The number of hydrogen-bond acceptors (Lipinski definition) is 3. The molecule has 2 rings (SSSR count). The number of benzene rings is 1. The Morgan fingerprint density at radius 2 is 1.80 bits per heavy atom. The standard InChI is InChI=1S/C14H11Cl2NO3/c1-7-3-10(4-8(2)12(7)16)20-13-11(15)5-9(6-17-13)14(18)19/h3-6H,1-2H3,(H,18,19). The van der Waals surface area contributed by atoms with Gasteiger partial charge in [-0.15, -0.1) is 0 Å². The monoisotopic (exact) mass is 311 g/mol. The summed E-state index contributed by atoms with van der Waals surface area (Å²) in [6.45, 7) is 3.73. The molecule has 0 radical (unpaired) electrons. The lowest BCUT2D eigenvalue weighted by Crippen LogP contribution is -1.98. The zero-order valence-electron chi connectivity index (χ0n) is 10.8. The smallest absolute Gasteiger partial charge is 0.337 e. The van der Waals surface area contributed by atoms with Gasteiger partial charge in [-0.2, -0.15) is 0 Å². The van der Waals surface area contributed by atoms with E-state index in [-0.39, 0.29) is 16.5 Å². The first-order chi connectivity index (χ1) is 9.38. The van der Waals surface area contributed by atoms with Crippen LogP contribution < -0.4 is 4.74 Å². The number of pyridine rings is 1. The van der Waals surface area contributed by atoms with Crippen molar-refractivity contribution in [1.29, 1.82) is 0 Å². The van der Waals surface area contributed by atoms with Crippen LogP contribution in [0, 0.1) is 13.8 Å². The summed E-state index contributed by atoms with van der Waals surface area (Å²) < 4.78 is 5.57. The van der Waals surface area contributed by atoms with Gasteiger partial charge in [0.15, 0.2) is 0 Å². The number of carboxylic acid groups (broad SMARTS) is 1. The molecule has 0 fully saturated rings. The minimum atomic E-state index is -1.09. The second-order valence-electron chi connectivity index (χ2n) is 4.29. The summed E-state index contributed by atoms with van der Waals surface area (Å²) in [7, 11) is 0. The van der Waals surface area contributed by atoms with E-state index in [9.17, 15) is 4.79 Å². The summed E-state index contributed by atoms with van der Waals surface area (Å²) >= 11 is 12.0. The van der Waals surface area contributed by atoms with Gasteiger partial charge < -0.3 is 9.84 Å². The first kappa shape index (κ1) is 14.6. The molecule has 0 aliphatic heterocycles. The normalized spacial score (nSPS) is 10.4. The fourth-order valence-corrected chi connectivity index (χ4v) is 2.01. The predicted octanol–water partition coefficient (Wildman–Crippen LogP) is 4.50. The predicted molar refractivity (Wildman–Crippen MR) is 77.2 cm³/mol. The largest absolute Gasteiger partial charge is 0.478 e. The van der Waals surface area contributed by atoms with Crippen molar-refractivity contribution >= 4 is 29.2 Å². The number of carboxylic acids is 1. The van der Waals surface area contributed by atoms with E-state index < -0.39 is 5.97 Å². The molecular weight excluding hydrogens is 301 g/mol. The minimum Gasteiger partial charge on any atom is -0.478 e. The highest BCUT2D eigenvalue weighted by Crippen LogP contribution is 2.31. The summed E-state index contributed by atoms with van der Waals surface area (Å²) in [5.41, 5.74) is 1.76. The average molecular weight is 312 g/mol. The molecule has 0 saturated carbocycles. The summed E-state index contributed by atoms with van der Waals surface area (Å²) in [6.07, 6.45) is 1.19. The maximum Gasteiger partial charge on any atom is 0.337 e. The van der Waals surface area contributed by atoms with Gasteiger partial charge in [-0.05, 0) is 43.2 Å². The Labute approximate surface area is 125 Å². The van der Waals surface area contributed by atoms with Crippen LogP contribution in [-0.4, -0.2) is 16.1 Å². The van der Waals surface area contributed by atoms with Gasteiger partial charge in [0, 0.05) is 11.2 Å². The van der Waals surface area contributed by atoms with Crippen LogP contribution in [0.2, 0.25) is 10.0 Å². The number of rotatable bonds is 3. The highest BCUT2D eigenvalue weighted by Gasteiger charge is 2.11. The van der Waals surface area contributed by atoms with Crippen molar-refractivity contribution in [1.82, 2.24) is 4.98 Å². The lowest BCUT2D eigenvalue weighted by molar-refractivity contribution is 0.0696. The number of carbonyl (C=O) groups is 1. The molecular formula is C14H11Cl2NO3. The maximum absolute atomic E-state index is 10.8. The van der Waals surface area contributed by atoms with Gasteiger partial charge in [-0.3, -0.25) is 0 Å². The highest BCUT2D eigenvalue weighted by atomic mass is 35.5. The van der Waals surface area contributed by atoms with Gasteiger partial charge in [0.1, 0.15) is 10.8 Å². The van der Waals surface area contributed by atoms with E-state index in [0.717, 1.165) is 11.1 Å². The molecule has 0 unspecified atom stereocenters. The fraction of sp³-hybridized carbons (Fsp3) is 0.143. The van der Waals surface area contributed by atoms with Gasteiger partial charge in [0.05, 0.1) is 5.56 Å². The zero-order chi connectivity index (χ0) is 14.9. The van der Waals surface area contributed by atoms with Gasteiger partial charge >= 0.3 is 5.97 Å². The van der Waals surface area contributed by atoms with Gasteiger partial charge in [0.25, 0.3) is 0 Å². The van der Waals surface area contributed by atoms with Gasteiger partial charge in [-0.1, -0.05) is 23.2 Å². The number of halogens is 2. The molecule has 20 heavy (non-hydrogen) atoms. The Morgan fingerprint density at radius 3 is 2.30 bits per heavy atom. The minimum absolute atomic E-state index is 0.00539. The molecule has 2 aromatic rings. The van der Waals surface area contributed by atoms with Crippen molar-refractivity contribution in [3.05, 3.63) is 51.1 Å². The third-order valence-corrected chi connectivity index (χ3v) is 3.55. The molecule has 0 aliphatic rings. The number of ether oxygens (including phenoxy) is 1. The number of aromatic nitrogens is 1. The summed E-state index contributed by atoms with van der Waals surface area (Å²) in [5, 5.41) is 9.65. The highest BCUT2D eigenvalue weighted by molar-refractivity contribution is 6.32. The molecule has 1 aromatic carbocycles. The molecule has 6 heteroatoms. The SMILES string of the molecule is Cc1cc(Oc2ncc(C(=O)O)cc2Cl)cc(C)c1Cl.